The quantitative estimate of drug-likeness (QED) is 0.499. The minimum atomic E-state index is -0.521. The van der Waals surface area contributed by atoms with Crippen LogP contribution in [0.25, 0.3) is 0 Å². The Morgan fingerprint density at radius 1 is 1.26 bits per heavy atom. The van der Waals surface area contributed by atoms with Gasteiger partial charge in [-0.3, -0.25) is 14.9 Å². The highest BCUT2D eigenvalue weighted by Crippen LogP contribution is 2.28. The molecule has 0 aliphatic carbocycles. The van der Waals surface area contributed by atoms with Crippen LogP contribution in [-0.4, -0.2) is 44.7 Å². The number of nitrogens with one attached hydrogen (secondary N) is 2. The minimum absolute atomic E-state index is 0.105. The SMILES string of the molecule is COc1cc([N+](=O)[O-])ccc1NC(=O)C[NH+](C)CCOc1ccc(Cl)cc1. The lowest BCUT2D eigenvalue weighted by molar-refractivity contribution is -0.871. The molecule has 144 valence electrons. The average molecular weight is 395 g/mol. The summed E-state index contributed by atoms with van der Waals surface area (Å²) < 4.78 is 10.7. The van der Waals surface area contributed by atoms with E-state index in [2.05, 4.69) is 5.32 Å². The van der Waals surface area contributed by atoms with Crippen molar-refractivity contribution in [2.24, 2.45) is 0 Å². The fourth-order valence-electron chi connectivity index (χ4n) is 2.33. The number of amides is 1. The molecule has 0 bridgehead atoms. The smallest absolute Gasteiger partial charge is 0.279 e. The van der Waals surface area contributed by atoms with E-state index in [4.69, 9.17) is 21.1 Å². The second kappa shape index (κ2) is 9.75. The number of nitro benzene ring substituents is 1. The number of likely N-dealkylation sites (N-methyl/N-ethyl adjacent to an activating group) is 1. The van der Waals surface area contributed by atoms with Crippen molar-refractivity contribution >= 4 is 28.9 Å². The van der Waals surface area contributed by atoms with Gasteiger partial charge in [-0.05, 0) is 30.3 Å². The van der Waals surface area contributed by atoms with Gasteiger partial charge in [0.15, 0.2) is 6.54 Å². The van der Waals surface area contributed by atoms with Crippen LogP contribution in [0.15, 0.2) is 42.5 Å². The highest BCUT2D eigenvalue weighted by molar-refractivity contribution is 6.30. The molecule has 0 heterocycles. The normalized spacial score (nSPS) is 11.5. The van der Waals surface area contributed by atoms with Gasteiger partial charge in [-0.25, -0.2) is 0 Å². The van der Waals surface area contributed by atoms with Crippen molar-refractivity contribution in [2.75, 3.05) is 39.2 Å². The van der Waals surface area contributed by atoms with Gasteiger partial charge in [0.2, 0.25) is 0 Å². The number of nitro groups is 1. The lowest BCUT2D eigenvalue weighted by atomic mass is 10.2. The fraction of sp³-hybridized carbons (Fsp3) is 0.278. The largest absolute Gasteiger partial charge is 0.494 e. The van der Waals surface area contributed by atoms with E-state index in [1.807, 2.05) is 7.05 Å². The van der Waals surface area contributed by atoms with E-state index in [9.17, 15) is 14.9 Å². The molecule has 2 rings (SSSR count). The Morgan fingerprint density at radius 3 is 2.59 bits per heavy atom. The Morgan fingerprint density at radius 2 is 1.96 bits per heavy atom. The molecule has 0 saturated heterocycles. The third kappa shape index (κ3) is 6.43. The third-order valence-corrected chi connectivity index (χ3v) is 4.00. The Labute approximate surface area is 161 Å². The number of anilines is 1. The molecule has 27 heavy (non-hydrogen) atoms. The predicted octanol–water partition coefficient (Wildman–Crippen LogP) is 1.79. The zero-order valence-corrected chi connectivity index (χ0v) is 15.8. The van der Waals surface area contributed by atoms with Crippen LogP contribution in [0.5, 0.6) is 11.5 Å². The first kappa shape index (κ1) is 20.5. The summed E-state index contributed by atoms with van der Waals surface area (Å²) in [6.07, 6.45) is 0. The predicted molar refractivity (Wildman–Crippen MR) is 102 cm³/mol. The summed E-state index contributed by atoms with van der Waals surface area (Å²) in [5.74, 6) is 0.722. The van der Waals surface area contributed by atoms with E-state index < -0.39 is 4.92 Å². The molecule has 0 fully saturated rings. The molecular formula is C18H21ClN3O5+. The van der Waals surface area contributed by atoms with Crippen LogP contribution in [0.4, 0.5) is 11.4 Å². The molecule has 0 spiro atoms. The maximum Gasteiger partial charge on any atom is 0.279 e. The molecule has 2 aromatic rings. The zero-order chi connectivity index (χ0) is 19.8. The van der Waals surface area contributed by atoms with Crippen molar-refractivity contribution in [3.05, 3.63) is 57.6 Å². The second-order valence-electron chi connectivity index (χ2n) is 5.88. The molecule has 0 aliphatic rings. The van der Waals surface area contributed by atoms with Gasteiger partial charge in [0.05, 0.1) is 30.8 Å². The number of carbonyl (C=O) groups excluding carboxylic acids is 1. The van der Waals surface area contributed by atoms with Crippen LogP contribution >= 0.6 is 11.6 Å². The zero-order valence-electron chi connectivity index (χ0n) is 15.0. The van der Waals surface area contributed by atoms with Gasteiger partial charge in [0.25, 0.3) is 11.6 Å². The maximum atomic E-state index is 12.2. The standard InChI is InChI=1S/C18H20ClN3O5/c1-21(9-10-27-15-6-3-13(19)4-7-15)12-18(23)20-16-8-5-14(22(24)25)11-17(16)26-2/h3-8,11H,9-10,12H2,1-2H3,(H,20,23)/p+1. The molecule has 2 N–H and O–H groups in total. The van der Waals surface area contributed by atoms with Gasteiger partial charge in [0, 0.05) is 11.1 Å². The monoisotopic (exact) mass is 394 g/mol. The molecule has 0 aliphatic heterocycles. The van der Waals surface area contributed by atoms with E-state index in [1.165, 1.54) is 25.3 Å². The van der Waals surface area contributed by atoms with E-state index in [-0.39, 0.29) is 23.9 Å². The number of hydrogen-bond acceptors (Lipinski definition) is 5. The number of carbonyl (C=O) groups is 1. The molecule has 9 heteroatoms. The number of benzene rings is 2. The van der Waals surface area contributed by atoms with Crippen molar-refractivity contribution in [3.8, 4) is 11.5 Å². The Bertz CT molecular complexity index is 798. The molecular weight excluding hydrogens is 374 g/mol. The van der Waals surface area contributed by atoms with Crippen molar-refractivity contribution < 1.29 is 24.1 Å². The molecule has 1 amide bonds. The Hall–Kier alpha value is -2.84. The summed E-state index contributed by atoms with van der Waals surface area (Å²) in [5, 5.41) is 14.2. The summed E-state index contributed by atoms with van der Waals surface area (Å²) in [7, 11) is 3.26. The van der Waals surface area contributed by atoms with Crippen molar-refractivity contribution in [3.63, 3.8) is 0 Å². The summed E-state index contributed by atoms with van der Waals surface area (Å²) >= 11 is 5.82. The van der Waals surface area contributed by atoms with Crippen LogP contribution in [0.2, 0.25) is 5.02 Å². The first-order chi connectivity index (χ1) is 12.9. The Balaban J connectivity index is 1.82. The maximum absolute atomic E-state index is 12.2. The molecule has 1 unspecified atom stereocenters. The van der Waals surface area contributed by atoms with E-state index in [0.29, 0.717) is 29.6 Å². The number of non-ortho nitro benzene ring substituents is 1. The highest BCUT2D eigenvalue weighted by Gasteiger charge is 2.15. The molecule has 0 radical (unpaired) electrons. The summed E-state index contributed by atoms with van der Waals surface area (Å²) in [4.78, 5) is 23.4. The van der Waals surface area contributed by atoms with Crippen LogP contribution in [-0.2, 0) is 4.79 Å². The van der Waals surface area contributed by atoms with Crippen LogP contribution < -0.4 is 19.7 Å². The van der Waals surface area contributed by atoms with E-state index in [1.54, 1.807) is 24.3 Å². The van der Waals surface area contributed by atoms with Crippen molar-refractivity contribution in [1.29, 1.82) is 0 Å². The highest BCUT2D eigenvalue weighted by atomic mass is 35.5. The number of rotatable bonds is 9. The fourth-order valence-corrected chi connectivity index (χ4v) is 2.45. The topological polar surface area (TPSA) is 95.1 Å². The van der Waals surface area contributed by atoms with Crippen LogP contribution in [0.1, 0.15) is 0 Å². The number of hydrogen-bond donors (Lipinski definition) is 2. The van der Waals surface area contributed by atoms with Crippen LogP contribution in [0.3, 0.4) is 0 Å². The molecule has 2 aromatic carbocycles. The van der Waals surface area contributed by atoms with Gasteiger partial charge < -0.3 is 19.7 Å². The second-order valence-corrected chi connectivity index (χ2v) is 6.31. The number of halogens is 1. The minimum Gasteiger partial charge on any atom is -0.494 e. The Kier molecular flexibility index (Phi) is 7.39. The van der Waals surface area contributed by atoms with Gasteiger partial charge >= 0.3 is 0 Å². The lowest BCUT2D eigenvalue weighted by Gasteiger charge is -2.15. The average Bonchev–Trinajstić information content (AvgIpc) is 2.63. The lowest BCUT2D eigenvalue weighted by Crippen LogP contribution is -3.10. The summed E-state index contributed by atoms with van der Waals surface area (Å²) in [5.41, 5.74) is 0.283. The summed E-state index contributed by atoms with van der Waals surface area (Å²) in [6.45, 7) is 1.28. The van der Waals surface area contributed by atoms with Gasteiger partial charge in [-0.1, -0.05) is 11.6 Å². The molecule has 8 nitrogen and oxygen atoms in total. The molecule has 0 saturated carbocycles. The van der Waals surface area contributed by atoms with Crippen molar-refractivity contribution in [1.82, 2.24) is 0 Å². The summed E-state index contributed by atoms with van der Waals surface area (Å²) in [6, 6.07) is 11.1. The third-order valence-electron chi connectivity index (χ3n) is 3.74. The first-order valence-electron chi connectivity index (χ1n) is 8.21. The van der Waals surface area contributed by atoms with Crippen LogP contribution in [0, 0.1) is 10.1 Å². The number of ether oxygens (including phenoxy) is 2. The first-order valence-corrected chi connectivity index (χ1v) is 8.59. The van der Waals surface area contributed by atoms with Gasteiger partial charge in [-0.2, -0.15) is 0 Å². The van der Waals surface area contributed by atoms with E-state index in [0.717, 1.165) is 4.90 Å². The van der Waals surface area contributed by atoms with Gasteiger partial charge in [0.1, 0.15) is 24.7 Å². The van der Waals surface area contributed by atoms with Gasteiger partial charge in [-0.15, -0.1) is 0 Å². The molecule has 0 aromatic heterocycles. The number of quaternary nitrogens is 1. The van der Waals surface area contributed by atoms with E-state index >= 15 is 0 Å². The number of methoxy groups -OCH3 is 1. The number of nitrogens with zero attached hydrogens (tertiary/aromatic N) is 1. The van der Waals surface area contributed by atoms with Crippen molar-refractivity contribution in [2.45, 2.75) is 0 Å². The molecule has 1 atom stereocenters.